The van der Waals surface area contributed by atoms with E-state index in [0.29, 0.717) is 10.7 Å². The third-order valence-corrected chi connectivity index (χ3v) is 5.33. The molecule has 0 atom stereocenters. The van der Waals surface area contributed by atoms with Crippen molar-refractivity contribution in [2.24, 2.45) is 0 Å². The number of H-pyrrole nitrogens is 1. The minimum Gasteiger partial charge on any atom is -0.278 e. The first-order valence-electron chi connectivity index (χ1n) is 5.43. The molecule has 8 heteroatoms. The molecule has 0 aliphatic rings. The second-order valence-corrected chi connectivity index (χ2v) is 7.08. The van der Waals surface area contributed by atoms with Gasteiger partial charge in [-0.05, 0) is 19.1 Å². The Balaban J connectivity index is 2.03. The SMILES string of the molecule is Cc1ncc(S(=O)(=O)Nc2cccc3[nH]ncc23)s1. The summed E-state index contributed by atoms with van der Waals surface area (Å²) >= 11 is 1.14. The van der Waals surface area contributed by atoms with E-state index in [1.165, 1.54) is 6.20 Å². The molecule has 2 N–H and O–H groups in total. The van der Waals surface area contributed by atoms with Crippen molar-refractivity contribution in [2.45, 2.75) is 11.1 Å². The van der Waals surface area contributed by atoms with Gasteiger partial charge in [-0.25, -0.2) is 13.4 Å². The van der Waals surface area contributed by atoms with Crippen molar-refractivity contribution in [1.29, 1.82) is 0 Å². The number of aromatic nitrogens is 3. The van der Waals surface area contributed by atoms with Crippen LogP contribution in [-0.2, 0) is 10.0 Å². The van der Waals surface area contributed by atoms with E-state index in [9.17, 15) is 8.42 Å². The Kier molecular flexibility index (Phi) is 2.76. The number of sulfonamides is 1. The molecule has 0 spiro atoms. The van der Waals surface area contributed by atoms with Gasteiger partial charge in [0.1, 0.15) is 0 Å². The van der Waals surface area contributed by atoms with Crippen LogP contribution in [0.1, 0.15) is 5.01 Å². The number of aromatic amines is 1. The van der Waals surface area contributed by atoms with E-state index < -0.39 is 10.0 Å². The lowest BCUT2D eigenvalue weighted by atomic mass is 10.2. The largest absolute Gasteiger partial charge is 0.278 e. The summed E-state index contributed by atoms with van der Waals surface area (Å²) in [5, 5.41) is 8.13. The zero-order chi connectivity index (χ0) is 13.5. The molecule has 0 aliphatic heterocycles. The van der Waals surface area contributed by atoms with E-state index in [2.05, 4.69) is 19.9 Å². The molecule has 0 amide bonds. The monoisotopic (exact) mass is 294 g/mol. The molecule has 0 saturated carbocycles. The Morgan fingerprint density at radius 2 is 2.16 bits per heavy atom. The Bertz CT molecular complexity index is 835. The van der Waals surface area contributed by atoms with E-state index >= 15 is 0 Å². The lowest BCUT2D eigenvalue weighted by Crippen LogP contribution is -2.11. The molecule has 0 fully saturated rings. The van der Waals surface area contributed by atoms with E-state index in [4.69, 9.17) is 0 Å². The lowest BCUT2D eigenvalue weighted by molar-refractivity contribution is 0.603. The topological polar surface area (TPSA) is 87.7 Å². The summed E-state index contributed by atoms with van der Waals surface area (Å²) in [6.07, 6.45) is 2.95. The van der Waals surface area contributed by atoms with Crippen molar-refractivity contribution in [3.8, 4) is 0 Å². The summed E-state index contributed by atoms with van der Waals surface area (Å²) in [6, 6.07) is 5.29. The van der Waals surface area contributed by atoms with Crippen LogP contribution in [0.4, 0.5) is 5.69 Å². The number of anilines is 1. The van der Waals surface area contributed by atoms with Crippen LogP contribution in [0.5, 0.6) is 0 Å². The van der Waals surface area contributed by atoms with Gasteiger partial charge in [0.05, 0.1) is 28.6 Å². The molecule has 3 aromatic rings. The van der Waals surface area contributed by atoms with Gasteiger partial charge in [-0.1, -0.05) is 6.07 Å². The zero-order valence-corrected chi connectivity index (χ0v) is 11.5. The van der Waals surface area contributed by atoms with Crippen molar-refractivity contribution in [3.63, 3.8) is 0 Å². The minimum absolute atomic E-state index is 0.200. The highest BCUT2D eigenvalue weighted by molar-refractivity contribution is 7.94. The van der Waals surface area contributed by atoms with Crippen LogP contribution < -0.4 is 4.72 Å². The molecule has 0 aliphatic carbocycles. The quantitative estimate of drug-likeness (QED) is 0.774. The van der Waals surface area contributed by atoms with Crippen molar-refractivity contribution in [3.05, 3.63) is 35.6 Å². The van der Waals surface area contributed by atoms with E-state index in [-0.39, 0.29) is 4.21 Å². The summed E-state index contributed by atoms with van der Waals surface area (Å²) in [4.78, 5) is 3.96. The molecule has 2 heterocycles. The van der Waals surface area contributed by atoms with Crippen molar-refractivity contribution in [2.75, 3.05) is 4.72 Å². The normalized spacial score (nSPS) is 11.8. The Morgan fingerprint density at radius 3 is 2.89 bits per heavy atom. The molecule has 19 heavy (non-hydrogen) atoms. The number of rotatable bonds is 3. The van der Waals surface area contributed by atoms with Crippen LogP contribution in [0.2, 0.25) is 0 Å². The average Bonchev–Trinajstić information content (AvgIpc) is 2.97. The first-order valence-corrected chi connectivity index (χ1v) is 7.73. The van der Waals surface area contributed by atoms with E-state index in [0.717, 1.165) is 22.2 Å². The smallest absolute Gasteiger partial charge is 0.273 e. The predicted octanol–water partition coefficient (Wildman–Crippen LogP) is 2.13. The number of aryl methyl sites for hydroxylation is 1. The third kappa shape index (κ3) is 2.20. The standard InChI is InChI=1S/C11H10N4O2S2/c1-7-12-6-11(18-7)19(16,17)15-10-4-2-3-9-8(10)5-13-14-9/h2-6,15H,1H3,(H,13,14). The van der Waals surface area contributed by atoms with Crippen LogP contribution in [0.3, 0.4) is 0 Å². The number of nitrogens with zero attached hydrogens (tertiary/aromatic N) is 2. The van der Waals surface area contributed by atoms with Crippen LogP contribution in [0.25, 0.3) is 10.9 Å². The highest BCUT2D eigenvalue weighted by Crippen LogP contribution is 2.26. The van der Waals surface area contributed by atoms with Gasteiger partial charge in [0.2, 0.25) is 0 Å². The van der Waals surface area contributed by atoms with Gasteiger partial charge < -0.3 is 0 Å². The molecule has 2 aromatic heterocycles. The van der Waals surface area contributed by atoms with Gasteiger partial charge >= 0.3 is 0 Å². The summed E-state index contributed by atoms with van der Waals surface area (Å²) < 4.78 is 27.2. The molecule has 0 bridgehead atoms. The maximum absolute atomic E-state index is 12.2. The van der Waals surface area contributed by atoms with Gasteiger partial charge in [-0.2, -0.15) is 5.10 Å². The molecular formula is C11H10N4O2S2. The summed E-state index contributed by atoms with van der Waals surface area (Å²) in [5.41, 5.74) is 1.28. The van der Waals surface area contributed by atoms with Crippen molar-refractivity contribution in [1.82, 2.24) is 15.2 Å². The van der Waals surface area contributed by atoms with Gasteiger partial charge in [0.25, 0.3) is 10.0 Å². The Morgan fingerprint density at radius 1 is 1.32 bits per heavy atom. The Labute approximate surface area is 113 Å². The molecule has 0 unspecified atom stereocenters. The lowest BCUT2D eigenvalue weighted by Gasteiger charge is -2.06. The fourth-order valence-electron chi connectivity index (χ4n) is 1.72. The third-order valence-electron chi connectivity index (χ3n) is 2.59. The van der Waals surface area contributed by atoms with Gasteiger partial charge in [0.15, 0.2) is 4.21 Å². The van der Waals surface area contributed by atoms with E-state index in [1.807, 2.05) is 6.07 Å². The summed E-state index contributed by atoms with van der Waals surface area (Å²) in [5.74, 6) is 0. The second-order valence-electron chi connectivity index (χ2n) is 3.94. The fraction of sp³-hybridized carbons (Fsp3) is 0.0909. The average molecular weight is 294 g/mol. The highest BCUT2D eigenvalue weighted by Gasteiger charge is 2.18. The van der Waals surface area contributed by atoms with Crippen LogP contribution >= 0.6 is 11.3 Å². The predicted molar refractivity (Wildman–Crippen MR) is 73.8 cm³/mol. The Hall–Kier alpha value is -1.93. The minimum atomic E-state index is -3.60. The van der Waals surface area contributed by atoms with Crippen LogP contribution in [0.15, 0.2) is 34.8 Å². The molecule has 6 nitrogen and oxygen atoms in total. The second kappa shape index (κ2) is 4.32. The molecule has 98 valence electrons. The molecule has 0 radical (unpaired) electrons. The number of nitrogens with one attached hydrogen (secondary N) is 2. The number of thiazole rings is 1. The van der Waals surface area contributed by atoms with Crippen molar-refractivity contribution < 1.29 is 8.42 Å². The number of benzene rings is 1. The number of hydrogen-bond donors (Lipinski definition) is 2. The first-order chi connectivity index (χ1) is 9.06. The molecule has 1 aromatic carbocycles. The summed E-state index contributed by atoms with van der Waals surface area (Å²) in [6.45, 7) is 1.76. The molecule has 0 saturated heterocycles. The zero-order valence-electron chi connectivity index (χ0n) is 9.91. The fourth-order valence-corrected chi connectivity index (χ4v) is 3.91. The number of hydrogen-bond acceptors (Lipinski definition) is 5. The van der Waals surface area contributed by atoms with Gasteiger partial charge in [-0.15, -0.1) is 11.3 Å². The van der Waals surface area contributed by atoms with Gasteiger partial charge in [0, 0.05) is 5.39 Å². The van der Waals surface area contributed by atoms with E-state index in [1.54, 1.807) is 25.3 Å². The maximum Gasteiger partial charge on any atom is 0.273 e. The van der Waals surface area contributed by atoms with Crippen molar-refractivity contribution >= 4 is 38.0 Å². The molecular weight excluding hydrogens is 284 g/mol. The molecule has 3 rings (SSSR count). The van der Waals surface area contributed by atoms with Crippen LogP contribution in [-0.4, -0.2) is 23.6 Å². The first kappa shape index (κ1) is 12.1. The van der Waals surface area contributed by atoms with Crippen LogP contribution in [0, 0.1) is 6.92 Å². The summed E-state index contributed by atoms with van der Waals surface area (Å²) in [7, 11) is -3.60. The highest BCUT2D eigenvalue weighted by atomic mass is 32.2. The maximum atomic E-state index is 12.2. The van der Waals surface area contributed by atoms with Gasteiger partial charge in [-0.3, -0.25) is 9.82 Å². The number of fused-ring (bicyclic) bond motifs is 1.